The highest BCUT2D eigenvalue weighted by molar-refractivity contribution is 6.31. The van der Waals surface area contributed by atoms with Crippen LogP contribution in [0.25, 0.3) is 10.8 Å². The van der Waals surface area contributed by atoms with E-state index in [1.807, 2.05) is 12.1 Å². The van der Waals surface area contributed by atoms with Crippen LogP contribution in [0, 0.1) is 0 Å². The largest absolute Gasteiger partial charge is 0.366 e. The van der Waals surface area contributed by atoms with Gasteiger partial charge in [-0.05, 0) is 29.0 Å². The fourth-order valence-corrected chi connectivity index (χ4v) is 1.63. The Morgan fingerprint density at radius 2 is 2.00 bits per heavy atom. The van der Waals surface area contributed by atoms with E-state index in [1.165, 1.54) is 0 Å². The fourth-order valence-electron chi connectivity index (χ4n) is 1.46. The summed E-state index contributed by atoms with van der Waals surface area (Å²) in [7, 11) is 0. The Labute approximate surface area is 86.3 Å². The molecular formula is C11H8ClNO. The molecule has 2 N–H and O–H groups in total. The third kappa shape index (κ3) is 1.44. The molecule has 0 aliphatic rings. The molecule has 0 heterocycles. The first-order valence-electron chi connectivity index (χ1n) is 4.16. The zero-order valence-electron chi connectivity index (χ0n) is 7.33. The van der Waals surface area contributed by atoms with E-state index >= 15 is 0 Å². The first kappa shape index (κ1) is 9.03. The smallest absolute Gasteiger partial charge is 0.249 e. The Balaban J connectivity index is 2.84. The van der Waals surface area contributed by atoms with Gasteiger partial charge < -0.3 is 5.73 Å². The normalized spacial score (nSPS) is 10.4. The van der Waals surface area contributed by atoms with Crippen LogP contribution in [0.1, 0.15) is 10.4 Å². The van der Waals surface area contributed by atoms with Crippen LogP contribution < -0.4 is 5.73 Å². The molecule has 0 atom stereocenters. The molecule has 70 valence electrons. The third-order valence-electron chi connectivity index (χ3n) is 2.11. The molecule has 0 radical (unpaired) electrons. The summed E-state index contributed by atoms with van der Waals surface area (Å²) in [5.74, 6) is -0.433. The van der Waals surface area contributed by atoms with Crippen LogP contribution in [-0.2, 0) is 0 Å². The molecule has 0 saturated heterocycles. The molecule has 2 nitrogen and oxygen atoms in total. The first-order chi connectivity index (χ1) is 6.68. The van der Waals surface area contributed by atoms with Gasteiger partial charge in [-0.25, -0.2) is 0 Å². The van der Waals surface area contributed by atoms with Crippen molar-refractivity contribution in [1.29, 1.82) is 0 Å². The van der Waals surface area contributed by atoms with E-state index in [1.54, 1.807) is 24.3 Å². The van der Waals surface area contributed by atoms with Gasteiger partial charge in [0.2, 0.25) is 5.91 Å². The van der Waals surface area contributed by atoms with Crippen LogP contribution in [-0.4, -0.2) is 5.91 Å². The van der Waals surface area contributed by atoms with E-state index in [2.05, 4.69) is 0 Å². The summed E-state index contributed by atoms with van der Waals surface area (Å²) in [4.78, 5) is 11.1. The molecule has 2 rings (SSSR count). The number of amides is 1. The number of fused-ring (bicyclic) bond motifs is 1. The lowest BCUT2D eigenvalue weighted by atomic mass is 10.0. The van der Waals surface area contributed by atoms with Gasteiger partial charge in [-0.15, -0.1) is 0 Å². The minimum Gasteiger partial charge on any atom is -0.366 e. The Bertz CT molecular complexity index is 508. The van der Waals surface area contributed by atoms with Crippen molar-refractivity contribution in [2.75, 3.05) is 0 Å². The minimum absolute atomic E-state index is 0.433. The van der Waals surface area contributed by atoms with Gasteiger partial charge in [-0.3, -0.25) is 4.79 Å². The molecule has 0 spiro atoms. The molecule has 3 heteroatoms. The highest BCUT2D eigenvalue weighted by atomic mass is 35.5. The summed E-state index contributed by atoms with van der Waals surface area (Å²) in [5, 5.41) is 2.37. The molecule has 0 unspecified atom stereocenters. The quantitative estimate of drug-likeness (QED) is 0.764. The Kier molecular flexibility index (Phi) is 2.14. The lowest BCUT2D eigenvalue weighted by Gasteiger charge is -2.02. The number of hydrogen-bond donors (Lipinski definition) is 1. The molecule has 2 aromatic rings. The summed E-state index contributed by atoms with van der Waals surface area (Å²) in [6.07, 6.45) is 0. The van der Waals surface area contributed by atoms with Gasteiger partial charge in [-0.1, -0.05) is 29.8 Å². The van der Waals surface area contributed by atoms with Crippen molar-refractivity contribution in [2.24, 2.45) is 5.73 Å². The average Bonchev–Trinajstić information content (AvgIpc) is 2.16. The van der Waals surface area contributed by atoms with Crippen molar-refractivity contribution < 1.29 is 4.79 Å². The van der Waals surface area contributed by atoms with Crippen molar-refractivity contribution in [2.45, 2.75) is 0 Å². The van der Waals surface area contributed by atoms with Gasteiger partial charge in [0.05, 0.1) is 0 Å². The Morgan fingerprint density at radius 3 is 2.71 bits per heavy atom. The second-order valence-electron chi connectivity index (χ2n) is 3.04. The van der Waals surface area contributed by atoms with Gasteiger partial charge in [-0.2, -0.15) is 0 Å². The highest BCUT2D eigenvalue weighted by Crippen LogP contribution is 2.22. The molecule has 1 amide bonds. The number of halogens is 1. The van der Waals surface area contributed by atoms with Gasteiger partial charge in [0.15, 0.2) is 0 Å². The second-order valence-corrected chi connectivity index (χ2v) is 3.47. The zero-order valence-corrected chi connectivity index (χ0v) is 8.08. The maximum absolute atomic E-state index is 11.1. The number of carbonyl (C=O) groups excluding carboxylic acids is 1. The van der Waals surface area contributed by atoms with E-state index in [0.29, 0.717) is 10.6 Å². The van der Waals surface area contributed by atoms with Crippen molar-refractivity contribution in [3.63, 3.8) is 0 Å². The molecule has 0 fully saturated rings. The summed E-state index contributed by atoms with van der Waals surface area (Å²) in [5.41, 5.74) is 5.75. The van der Waals surface area contributed by atoms with E-state index in [0.717, 1.165) is 10.8 Å². The molecular weight excluding hydrogens is 198 g/mol. The van der Waals surface area contributed by atoms with Crippen LogP contribution in [0.3, 0.4) is 0 Å². The highest BCUT2D eigenvalue weighted by Gasteiger charge is 2.05. The van der Waals surface area contributed by atoms with Crippen molar-refractivity contribution in [1.82, 2.24) is 0 Å². The van der Waals surface area contributed by atoms with Crippen molar-refractivity contribution in [3.8, 4) is 0 Å². The zero-order chi connectivity index (χ0) is 10.1. The summed E-state index contributed by atoms with van der Waals surface area (Å²) < 4.78 is 0. The maximum Gasteiger partial charge on any atom is 0.249 e. The van der Waals surface area contributed by atoms with Gasteiger partial charge in [0, 0.05) is 10.6 Å². The molecule has 0 bridgehead atoms. The number of nitrogens with two attached hydrogens (primary N) is 1. The summed E-state index contributed by atoms with van der Waals surface area (Å²) in [6.45, 7) is 0. The van der Waals surface area contributed by atoms with Gasteiger partial charge in [0.1, 0.15) is 0 Å². The SMILES string of the molecule is NC(=O)c1cccc2ccc(Cl)cc12. The summed E-state index contributed by atoms with van der Waals surface area (Å²) in [6, 6.07) is 10.8. The van der Waals surface area contributed by atoms with E-state index < -0.39 is 5.91 Å². The van der Waals surface area contributed by atoms with Crippen LogP contribution in [0.5, 0.6) is 0 Å². The van der Waals surface area contributed by atoms with Crippen LogP contribution in [0.15, 0.2) is 36.4 Å². The number of carbonyl (C=O) groups is 1. The fraction of sp³-hybridized carbons (Fsp3) is 0. The second kappa shape index (κ2) is 3.31. The van der Waals surface area contributed by atoms with E-state index in [9.17, 15) is 4.79 Å². The number of benzene rings is 2. The molecule has 14 heavy (non-hydrogen) atoms. The number of hydrogen-bond acceptors (Lipinski definition) is 1. The van der Waals surface area contributed by atoms with Gasteiger partial charge >= 0.3 is 0 Å². The van der Waals surface area contributed by atoms with E-state index in [-0.39, 0.29) is 0 Å². The maximum atomic E-state index is 11.1. The van der Waals surface area contributed by atoms with Crippen molar-refractivity contribution in [3.05, 3.63) is 47.0 Å². The molecule has 0 aromatic heterocycles. The monoisotopic (exact) mass is 205 g/mol. The molecule has 0 aliphatic heterocycles. The molecule has 0 aliphatic carbocycles. The van der Waals surface area contributed by atoms with Crippen LogP contribution in [0.2, 0.25) is 5.02 Å². The lowest BCUT2D eigenvalue weighted by molar-refractivity contribution is 0.100. The molecule has 2 aromatic carbocycles. The van der Waals surface area contributed by atoms with Crippen LogP contribution >= 0.6 is 11.6 Å². The summed E-state index contributed by atoms with van der Waals surface area (Å²) >= 11 is 5.84. The average molecular weight is 206 g/mol. The number of primary amides is 1. The predicted molar refractivity (Wildman–Crippen MR) is 57.5 cm³/mol. The molecule has 0 saturated carbocycles. The first-order valence-corrected chi connectivity index (χ1v) is 4.54. The van der Waals surface area contributed by atoms with E-state index in [4.69, 9.17) is 17.3 Å². The standard InChI is InChI=1S/C11H8ClNO/c12-8-5-4-7-2-1-3-9(11(13)14)10(7)6-8/h1-6H,(H2,13,14). The number of rotatable bonds is 1. The Morgan fingerprint density at radius 1 is 1.21 bits per heavy atom. The predicted octanol–water partition coefficient (Wildman–Crippen LogP) is 2.59. The third-order valence-corrected chi connectivity index (χ3v) is 2.34. The van der Waals surface area contributed by atoms with Crippen molar-refractivity contribution >= 4 is 28.3 Å². The minimum atomic E-state index is -0.433. The van der Waals surface area contributed by atoms with Gasteiger partial charge in [0.25, 0.3) is 0 Å². The van der Waals surface area contributed by atoms with Crippen LogP contribution in [0.4, 0.5) is 0 Å². The lowest BCUT2D eigenvalue weighted by Crippen LogP contribution is -2.11. The topological polar surface area (TPSA) is 43.1 Å². The Hall–Kier alpha value is -1.54.